The van der Waals surface area contributed by atoms with E-state index in [-0.39, 0.29) is 0 Å². The zero-order chi connectivity index (χ0) is 35.8. The van der Waals surface area contributed by atoms with Crippen molar-refractivity contribution in [2.45, 2.75) is 46.3 Å². The standard InChI is InChI=1S/C48H36N2S.C2H6/c1-4-18-37(19-5-1)51(38-20-6-2-7-21-38,39-22-8-3-9-23-39)40-33-35(49-45-28-14-10-24-41(45)42-25-11-15-29-46(42)49)32-36(34-40)50-47-30-16-12-26-43(47)44-27-13-17-31-48(44)50;1-2/h1-16,18-30,32-34H,17,31H2;1-2H3. The Labute approximate surface area is 313 Å². The Morgan fingerprint density at radius 3 is 1.34 bits per heavy atom. The molecule has 0 saturated carbocycles. The second-order valence-corrected chi connectivity index (χ2v) is 16.4. The molecule has 258 valence electrons. The molecule has 3 heteroatoms. The van der Waals surface area contributed by atoms with Crippen molar-refractivity contribution >= 4 is 48.8 Å². The highest BCUT2D eigenvalue weighted by atomic mass is 32.3. The smallest absolute Gasteiger partial charge is 0.0541 e. The monoisotopic (exact) mass is 702 g/mol. The van der Waals surface area contributed by atoms with Crippen molar-refractivity contribution < 1.29 is 0 Å². The van der Waals surface area contributed by atoms with Gasteiger partial charge in [0.15, 0.2) is 0 Å². The van der Waals surface area contributed by atoms with E-state index in [1.54, 1.807) is 0 Å². The van der Waals surface area contributed by atoms with E-state index in [4.69, 9.17) is 0 Å². The van der Waals surface area contributed by atoms with E-state index in [0.29, 0.717) is 0 Å². The molecule has 1 aliphatic rings. The molecule has 0 spiro atoms. The fourth-order valence-electron chi connectivity index (χ4n) is 8.36. The quantitative estimate of drug-likeness (QED) is 0.163. The van der Waals surface area contributed by atoms with Gasteiger partial charge in [-0.25, -0.2) is 0 Å². The molecule has 2 aromatic heterocycles. The fraction of sp³-hybridized carbons (Fsp3) is 0.0800. The van der Waals surface area contributed by atoms with E-state index >= 15 is 0 Å². The summed E-state index contributed by atoms with van der Waals surface area (Å²) in [5.41, 5.74) is 8.75. The van der Waals surface area contributed by atoms with E-state index in [0.717, 1.165) is 18.5 Å². The van der Waals surface area contributed by atoms with Crippen LogP contribution in [-0.4, -0.2) is 9.13 Å². The number of aromatic nitrogens is 2. The second-order valence-electron chi connectivity index (χ2n) is 13.3. The van der Waals surface area contributed by atoms with E-state index in [1.165, 1.54) is 69.2 Å². The molecule has 0 fully saturated rings. The maximum Gasteiger partial charge on any atom is 0.0541 e. The Kier molecular flexibility index (Phi) is 8.58. The number of allylic oxidation sites excluding steroid dienone is 1. The zero-order valence-electron chi connectivity index (χ0n) is 30.2. The average Bonchev–Trinajstić information content (AvgIpc) is 3.76. The topological polar surface area (TPSA) is 9.86 Å². The number of hydrogen-bond donors (Lipinski definition) is 0. The van der Waals surface area contributed by atoms with Gasteiger partial charge in [0.1, 0.15) is 0 Å². The summed E-state index contributed by atoms with van der Waals surface area (Å²) in [5.74, 6) is 0. The van der Waals surface area contributed by atoms with Gasteiger partial charge in [-0.3, -0.25) is 0 Å². The Balaban J connectivity index is 0.00000183. The SMILES string of the molecule is C1=Cc2c(n(-c3cc(-n4c5ccccc5c5ccccc54)cc(S(c4ccccc4)(c4ccccc4)c4ccccc4)c3)c3ccccc23)CC1.CC. The Morgan fingerprint density at radius 2 is 0.830 bits per heavy atom. The van der Waals surface area contributed by atoms with Crippen LogP contribution in [0.1, 0.15) is 31.5 Å². The number of benzene rings is 7. The van der Waals surface area contributed by atoms with Crippen molar-refractivity contribution in [1.29, 1.82) is 0 Å². The minimum absolute atomic E-state index is 1.00. The van der Waals surface area contributed by atoms with Gasteiger partial charge in [0, 0.05) is 58.4 Å². The zero-order valence-corrected chi connectivity index (χ0v) is 31.0. The van der Waals surface area contributed by atoms with E-state index < -0.39 is 10.0 Å². The molecule has 53 heavy (non-hydrogen) atoms. The van der Waals surface area contributed by atoms with Gasteiger partial charge in [0.05, 0.1) is 16.6 Å². The van der Waals surface area contributed by atoms with Crippen LogP contribution in [0.2, 0.25) is 0 Å². The third kappa shape index (κ3) is 5.26. The number of rotatable bonds is 6. The first kappa shape index (κ1) is 32.8. The van der Waals surface area contributed by atoms with Crippen LogP contribution >= 0.6 is 10.0 Å². The van der Waals surface area contributed by atoms with Gasteiger partial charge >= 0.3 is 0 Å². The maximum absolute atomic E-state index is 2.56. The summed E-state index contributed by atoms with van der Waals surface area (Å²) in [6, 6.07) is 67.6. The first-order valence-corrected chi connectivity index (χ1v) is 20.4. The lowest BCUT2D eigenvalue weighted by atomic mass is 10.0. The highest BCUT2D eigenvalue weighted by Crippen LogP contribution is 2.73. The Morgan fingerprint density at radius 1 is 0.415 bits per heavy atom. The van der Waals surface area contributed by atoms with Crippen molar-refractivity contribution in [3.8, 4) is 11.4 Å². The van der Waals surface area contributed by atoms with Gasteiger partial charge < -0.3 is 9.13 Å². The van der Waals surface area contributed by atoms with Gasteiger partial charge in [0.25, 0.3) is 0 Å². The van der Waals surface area contributed by atoms with E-state index in [1.807, 2.05) is 13.8 Å². The maximum atomic E-state index is 2.56. The lowest BCUT2D eigenvalue weighted by molar-refractivity contribution is 0.885. The third-order valence-electron chi connectivity index (χ3n) is 10.5. The summed E-state index contributed by atoms with van der Waals surface area (Å²) >= 11 is 0. The molecule has 0 N–H and O–H groups in total. The van der Waals surface area contributed by atoms with Gasteiger partial charge in [-0.2, -0.15) is 0 Å². The first-order valence-electron chi connectivity index (χ1n) is 18.7. The van der Waals surface area contributed by atoms with Crippen LogP contribution < -0.4 is 0 Å². The van der Waals surface area contributed by atoms with E-state index in [9.17, 15) is 0 Å². The molecule has 2 nitrogen and oxygen atoms in total. The molecular formula is C50H42N2S. The molecular weight excluding hydrogens is 661 g/mol. The van der Waals surface area contributed by atoms with Crippen molar-refractivity contribution in [2.24, 2.45) is 0 Å². The van der Waals surface area contributed by atoms with Crippen LogP contribution in [0.4, 0.5) is 0 Å². The molecule has 0 atom stereocenters. The predicted molar refractivity (Wildman–Crippen MR) is 226 cm³/mol. The Hall–Kier alpha value is -6.03. The summed E-state index contributed by atoms with van der Waals surface area (Å²) < 4.78 is 5.04. The lowest BCUT2D eigenvalue weighted by Crippen LogP contribution is -2.09. The van der Waals surface area contributed by atoms with Crippen LogP contribution in [0.15, 0.2) is 208 Å². The molecule has 0 bridgehead atoms. The van der Waals surface area contributed by atoms with Crippen molar-refractivity contribution in [1.82, 2.24) is 9.13 Å². The van der Waals surface area contributed by atoms with Crippen LogP contribution in [0.25, 0.3) is 50.2 Å². The molecule has 0 radical (unpaired) electrons. The highest BCUT2D eigenvalue weighted by Gasteiger charge is 2.34. The number of hydrogen-bond acceptors (Lipinski definition) is 0. The predicted octanol–water partition coefficient (Wildman–Crippen LogP) is 14.1. The summed E-state index contributed by atoms with van der Waals surface area (Å²) in [4.78, 5) is 5.25. The molecule has 0 unspecified atom stereocenters. The normalized spacial score (nSPS) is 12.8. The van der Waals surface area contributed by atoms with Crippen LogP contribution in [-0.2, 0) is 6.42 Å². The molecule has 7 aromatic carbocycles. The largest absolute Gasteiger partial charge is 0.313 e. The first-order chi connectivity index (χ1) is 26.3. The minimum atomic E-state index is -1.96. The second kappa shape index (κ2) is 13.8. The van der Waals surface area contributed by atoms with Gasteiger partial charge in [0.2, 0.25) is 0 Å². The molecule has 0 aliphatic heterocycles. The summed E-state index contributed by atoms with van der Waals surface area (Å²) in [6.45, 7) is 4.00. The van der Waals surface area contributed by atoms with Gasteiger partial charge in [-0.05, 0) is 85.6 Å². The number of nitrogens with zero attached hydrogens (tertiary/aromatic N) is 2. The third-order valence-corrected chi connectivity index (χ3v) is 14.3. The molecule has 9 aromatic rings. The molecule has 0 amide bonds. The van der Waals surface area contributed by atoms with Crippen molar-refractivity contribution in [2.75, 3.05) is 0 Å². The van der Waals surface area contributed by atoms with E-state index in [2.05, 4.69) is 203 Å². The van der Waals surface area contributed by atoms with Crippen molar-refractivity contribution in [3.63, 3.8) is 0 Å². The van der Waals surface area contributed by atoms with Crippen LogP contribution in [0.5, 0.6) is 0 Å². The van der Waals surface area contributed by atoms with Gasteiger partial charge in [-0.1, -0.05) is 135 Å². The van der Waals surface area contributed by atoms with Crippen molar-refractivity contribution in [3.05, 3.63) is 199 Å². The molecule has 1 aliphatic carbocycles. The summed E-state index contributed by atoms with van der Waals surface area (Å²) in [7, 11) is -1.96. The minimum Gasteiger partial charge on any atom is -0.313 e. The molecule has 10 rings (SSSR count). The Bertz CT molecular complexity index is 2590. The van der Waals surface area contributed by atoms with Crippen LogP contribution in [0, 0.1) is 0 Å². The van der Waals surface area contributed by atoms with Crippen LogP contribution in [0.3, 0.4) is 0 Å². The molecule has 0 saturated heterocycles. The molecule has 2 heterocycles. The lowest BCUT2D eigenvalue weighted by Gasteiger charge is -2.42. The number of para-hydroxylation sites is 3. The summed E-state index contributed by atoms with van der Waals surface area (Å²) in [5, 5.41) is 3.84. The highest BCUT2D eigenvalue weighted by molar-refractivity contribution is 8.34. The van der Waals surface area contributed by atoms with Gasteiger partial charge in [-0.15, -0.1) is 10.0 Å². The fourth-order valence-corrected chi connectivity index (χ4v) is 12.3. The average molecular weight is 703 g/mol. The summed E-state index contributed by atoms with van der Waals surface area (Å²) in [6.07, 6.45) is 6.71. The number of fused-ring (bicyclic) bond motifs is 6.